The third-order valence-corrected chi connectivity index (χ3v) is 1.53. The van der Waals surface area contributed by atoms with Crippen molar-refractivity contribution in [2.75, 3.05) is 6.61 Å². The second-order valence-electron chi connectivity index (χ2n) is 2.48. The topological polar surface area (TPSA) is 52.1 Å². The maximum atomic E-state index is 11.1. The van der Waals surface area contributed by atoms with E-state index in [4.69, 9.17) is 11.2 Å². The van der Waals surface area contributed by atoms with Gasteiger partial charge in [-0.2, -0.15) is 0 Å². The Morgan fingerprint density at radius 2 is 2.29 bits per heavy atom. The van der Waals surface area contributed by atoms with Gasteiger partial charge in [-0.1, -0.05) is 0 Å². The van der Waals surface area contributed by atoms with Crippen molar-refractivity contribution in [3.05, 3.63) is 23.8 Å². The summed E-state index contributed by atoms with van der Waals surface area (Å²) in [5.41, 5.74) is 0.869. The molecule has 0 aliphatic rings. The third-order valence-electron chi connectivity index (χ3n) is 1.53. The lowest BCUT2D eigenvalue weighted by Crippen LogP contribution is -2.10. The van der Waals surface area contributed by atoms with Gasteiger partial charge in [0.05, 0.1) is 18.7 Å². The zero-order valence-corrected chi connectivity index (χ0v) is 7.86. The van der Waals surface area contributed by atoms with Crippen LogP contribution in [0.3, 0.4) is 0 Å². The molecule has 1 heterocycles. The number of hydrogen-bond acceptors (Lipinski definition) is 4. The van der Waals surface area contributed by atoms with Crippen molar-refractivity contribution in [1.29, 1.82) is 0 Å². The lowest BCUT2D eigenvalue weighted by molar-refractivity contribution is -0.142. The van der Waals surface area contributed by atoms with Crippen molar-refractivity contribution in [1.82, 2.24) is 9.97 Å². The second-order valence-corrected chi connectivity index (χ2v) is 2.48. The number of ether oxygens (including phenoxy) is 1. The number of terminal acetylenes is 1. The molecular formula is C10H10N2O2. The normalized spacial score (nSPS) is 9.14. The molecule has 0 aliphatic carbocycles. The van der Waals surface area contributed by atoms with Crippen molar-refractivity contribution >= 4 is 5.97 Å². The maximum Gasteiger partial charge on any atom is 0.311 e. The molecule has 0 saturated heterocycles. The van der Waals surface area contributed by atoms with Gasteiger partial charge in [0.2, 0.25) is 0 Å². The quantitative estimate of drug-likeness (QED) is 0.516. The highest BCUT2D eigenvalue weighted by molar-refractivity contribution is 5.72. The predicted octanol–water partition coefficient (Wildman–Crippen LogP) is 0.563. The SMILES string of the molecule is C#Cc1nccnc1CC(=O)OCC. The van der Waals surface area contributed by atoms with E-state index in [2.05, 4.69) is 15.9 Å². The average Bonchev–Trinajstić information content (AvgIpc) is 2.19. The summed E-state index contributed by atoms with van der Waals surface area (Å²) >= 11 is 0. The van der Waals surface area contributed by atoms with Gasteiger partial charge in [0.25, 0.3) is 0 Å². The smallest absolute Gasteiger partial charge is 0.311 e. The highest BCUT2D eigenvalue weighted by Crippen LogP contribution is 2.01. The van der Waals surface area contributed by atoms with Gasteiger partial charge in [-0.3, -0.25) is 9.78 Å². The van der Waals surface area contributed by atoms with Crippen molar-refractivity contribution < 1.29 is 9.53 Å². The molecule has 14 heavy (non-hydrogen) atoms. The molecule has 0 bridgehead atoms. The molecule has 0 aromatic carbocycles. The molecule has 4 nitrogen and oxygen atoms in total. The highest BCUT2D eigenvalue weighted by Gasteiger charge is 2.09. The Kier molecular flexibility index (Phi) is 3.62. The van der Waals surface area contributed by atoms with Crippen molar-refractivity contribution in [3.8, 4) is 12.3 Å². The molecule has 0 amide bonds. The molecule has 0 atom stereocenters. The summed E-state index contributed by atoms with van der Waals surface area (Å²) in [6, 6.07) is 0. The van der Waals surface area contributed by atoms with Gasteiger partial charge in [-0.15, -0.1) is 6.42 Å². The molecule has 0 radical (unpaired) electrons. The first kappa shape index (κ1) is 10.2. The zero-order valence-electron chi connectivity index (χ0n) is 7.86. The Balaban J connectivity index is 2.77. The summed E-state index contributed by atoms with van der Waals surface area (Å²) in [5.74, 6) is 2.02. The lowest BCUT2D eigenvalue weighted by Gasteiger charge is -2.02. The number of aromatic nitrogens is 2. The summed E-state index contributed by atoms with van der Waals surface area (Å²) in [5, 5.41) is 0. The second kappa shape index (κ2) is 4.97. The Hall–Kier alpha value is -1.89. The average molecular weight is 190 g/mol. The van der Waals surface area contributed by atoms with Gasteiger partial charge >= 0.3 is 5.97 Å². The molecule has 1 aromatic heterocycles. The van der Waals surface area contributed by atoms with Crippen LogP contribution in [0.4, 0.5) is 0 Å². The first-order valence-electron chi connectivity index (χ1n) is 4.20. The molecular weight excluding hydrogens is 180 g/mol. The molecule has 0 N–H and O–H groups in total. The Bertz CT molecular complexity index is 369. The fourth-order valence-corrected chi connectivity index (χ4v) is 0.966. The van der Waals surface area contributed by atoms with Gasteiger partial charge in [-0.05, 0) is 12.8 Å². The number of rotatable bonds is 3. The number of esters is 1. The number of hydrogen-bond donors (Lipinski definition) is 0. The highest BCUT2D eigenvalue weighted by atomic mass is 16.5. The summed E-state index contributed by atoms with van der Waals surface area (Å²) in [6.45, 7) is 2.10. The van der Waals surface area contributed by atoms with Gasteiger partial charge in [-0.25, -0.2) is 4.98 Å². The summed E-state index contributed by atoms with van der Waals surface area (Å²) in [6.07, 6.45) is 8.25. The van der Waals surface area contributed by atoms with Crippen LogP contribution < -0.4 is 0 Å². The van der Waals surface area contributed by atoms with Gasteiger partial charge in [0, 0.05) is 12.4 Å². The van der Waals surface area contributed by atoms with E-state index >= 15 is 0 Å². The molecule has 0 fully saturated rings. The van der Waals surface area contributed by atoms with Gasteiger partial charge in [0.1, 0.15) is 5.69 Å². The number of carbonyl (C=O) groups is 1. The Labute approximate surface area is 82.3 Å². The Morgan fingerprint density at radius 3 is 2.93 bits per heavy atom. The first-order chi connectivity index (χ1) is 6.77. The standard InChI is InChI=1S/C10H10N2O2/c1-3-8-9(12-6-5-11-8)7-10(13)14-4-2/h1,5-6H,4,7H2,2H3. The van der Waals surface area contributed by atoms with Gasteiger partial charge in [0.15, 0.2) is 0 Å². The van der Waals surface area contributed by atoms with Crippen LogP contribution in [0.25, 0.3) is 0 Å². The largest absolute Gasteiger partial charge is 0.466 e. The maximum absolute atomic E-state index is 11.1. The summed E-state index contributed by atoms with van der Waals surface area (Å²) in [4.78, 5) is 19.0. The molecule has 72 valence electrons. The van der Waals surface area contributed by atoms with Crippen molar-refractivity contribution in [2.24, 2.45) is 0 Å². The van der Waals surface area contributed by atoms with E-state index in [0.717, 1.165) is 0 Å². The predicted molar refractivity (Wildman–Crippen MR) is 50.3 cm³/mol. The van der Waals surface area contributed by atoms with E-state index in [1.807, 2.05) is 0 Å². The lowest BCUT2D eigenvalue weighted by atomic mass is 10.2. The van der Waals surface area contributed by atoms with Crippen molar-refractivity contribution in [2.45, 2.75) is 13.3 Å². The van der Waals surface area contributed by atoms with Crippen LogP contribution >= 0.6 is 0 Å². The van der Waals surface area contributed by atoms with E-state index in [1.54, 1.807) is 6.92 Å². The number of carbonyl (C=O) groups excluding carboxylic acids is 1. The fourth-order valence-electron chi connectivity index (χ4n) is 0.966. The monoisotopic (exact) mass is 190 g/mol. The minimum atomic E-state index is -0.343. The van der Waals surface area contributed by atoms with E-state index in [1.165, 1.54) is 12.4 Å². The molecule has 0 unspecified atom stereocenters. The van der Waals surface area contributed by atoms with E-state index in [-0.39, 0.29) is 12.4 Å². The molecule has 0 aliphatic heterocycles. The summed E-state index contributed by atoms with van der Waals surface area (Å²) in [7, 11) is 0. The van der Waals surface area contributed by atoms with Crippen LogP contribution in [0.2, 0.25) is 0 Å². The van der Waals surface area contributed by atoms with Gasteiger partial charge < -0.3 is 4.74 Å². The number of nitrogens with zero attached hydrogens (tertiary/aromatic N) is 2. The van der Waals surface area contributed by atoms with Crippen LogP contribution in [-0.2, 0) is 16.0 Å². The van der Waals surface area contributed by atoms with Crippen LogP contribution in [-0.4, -0.2) is 22.5 Å². The molecule has 0 spiro atoms. The molecule has 0 saturated carbocycles. The first-order valence-corrected chi connectivity index (χ1v) is 4.20. The third kappa shape index (κ3) is 2.56. The Morgan fingerprint density at radius 1 is 1.57 bits per heavy atom. The van der Waals surface area contributed by atoms with E-state index < -0.39 is 0 Å². The molecule has 1 rings (SSSR count). The molecule has 4 heteroatoms. The van der Waals surface area contributed by atoms with E-state index in [0.29, 0.717) is 18.0 Å². The summed E-state index contributed by atoms with van der Waals surface area (Å²) < 4.78 is 4.77. The van der Waals surface area contributed by atoms with Crippen LogP contribution in [0.1, 0.15) is 18.3 Å². The minimum absolute atomic E-state index is 0.0706. The van der Waals surface area contributed by atoms with Crippen LogP contribution in [0.5, 0.6) is 0 Å². The van der Waals surface area contributed by atoms with Crippen LogP contribution in [0.15, 0.2) is 12.4 Å². The fraction of sp³-hybridized carbons (Fsp3) is 0.300. The van der Waals surface area contributed by atoms with E-state index in [9.17, 15) is 4.79 Å². The van der Waals surface area contributed by atoms with Crippen molar-refractivity contribution in [3.63, 3.8) is 0 Å². The van der Waals surface area contributed by atoms with Crippen LogP contribution in [0, 0.1) is 12.3 Å². The minimum Gasteiger partial charge on any atom is -0.466 e. The zero-order chi connectivity index (χ0) is 10.4. The molecule has 1 aromatic rings.